The van der Waals surface area contributed by atoms with Gasteiger partial charge in [0.1, 0.15) is 10.6 Å². The third kappa shape index (κ3) is 3.48. The van der Waals surface area contributed by atoms with E-state index < -0.39 is 6.61 Å². The van der Waals surface area contributed by atoms with E-state index >= 15 is 0 Å². The summed E-state index contributed by atoms with van der Waals surface area (Å²) in [6, 6.07) is 4.55. The lowest BCUT2D eigenvalue weighted by Crippen LogP contribution is -2.40. The van der Waals surface area contributed by atoms with E-state index in [1.54, 1.807) is 12.1 Å². The second-order valence-electron chi connectivity index (χ2n) is 5.57. The fourth-order valence-corrected chi connectivity index (χ4v) is 4.25. The Morgan fingerprint density at radius 2 is 2.29 bits per heavy atom. The van der Waals surface area contributed by atoms with Gasteiger partial charge in [-0.05, 0) is 31.9 Å². The molecule has 1 N–H and O–H groups in total. The number of amides is 1. The second kappa shape index (κ2) is 7.21. The fraction of sp³-hybridized carbons (Fsp3) is 0.438. The summed E-state index contributed by atoms with van der Waals surface area (Å²) in [5.74, 6) is -0.373. The van der Waals surface area contributed by atoms with Crippen LogP contribution in [0.1, 0.15) is 29.4 Å². The number of thiophene rings is 1. The number of halogens is 3. The molecule has 0 aliphatic carbocycles. The molecule has 0 radical (unpaired) electrons. The Morgan fingerprint density at radius 1 is 1.50 bits per heavy atom. The lowest BCUT2D eigenvalue weighted by atomic mass is 10.1. The smallest absolute Gasteiger partial charge is 0.387 e. The van der Waals surface area contributed by atoms with Crippen LogP contribution in [0.4, 0.5) is 8.78 Å². The van der Waals surface area contributed by atoms with Crippen LogP contribution in [-0.4, -0.2) is 31.3 Å². The zero-order valence-corrected chi connectivity index (χ0v) is 14.4. The van der Waals surface area contributed by atoms with Gasteiger partial charge in [-0.15, -0.1) is 11.3 Å². The van der Waals surface area contributed by atoms with Crippen LogP contribution in [0.3, 0.4) is 0 Å². The third-order valence-corrected chi connectivity index (χ3v) is 5.57. The van der Waals surface area contributed by atoms with E-state index in [9.17, 15) is 13.6 Å². The molecule has 2 atom stereocenters. The molecule has 0 saturated carbocycles. The molecule has 2 aromatic rings. The zero-order valence-electron chi connectivity index (χ0n) is 12.9. The molecule has 1 fully saturated rings. The molecule has 1 amide bonds. The van der Waals surface area contributed by atoms with Crippen molar-refractivity contribution in [1.29, 1.82) is 0 Å². The number of benzene rings is 1. The predicted octanol–water partition coefficient (Wildman–Crippen LogP) is 4.45. The highest BCUT2D eigenvalue weighted by Gasteiger charge is 2.26. The average Bonchev–Trinajstić information content (AvgIpc) is 3.15. The minimum absolute atomic E-state index is 0.0140. The van der Waals surface area contributed by atoms with Crippen molar-refractivity contribution < 1.29 is 23.0 Å². The van der Waals surface area contributed by atoms with Crippen molar-refractivity contribution in [3.8, 4) is 5.75 Å². The predicted molar refractivity (Wildman–Crippen MR) is 89.4 cm³/mol. The summed E-state index contributed by atoms with van der Waals surface area (Å²) < 4.78 is 35.7. The van der Waals surface area contributed by atoms with Crippen LogP contribution < -0.4 is 10.1 Å². The summed E-state index contributed by atoms with van der Waals surface area (Å²) in [6.45, 7) is -0.382. The summed E-state index contributed by atoms with van der Waals surface area (Å²) in [7, 11) is 0. The number of hydrogen-bond acceptors (Lipinski definition) is 4. The van der Waals surface area contributed by atoms with Crippen LogP contribution in [0, 0.1) is 0 Å². The molecule has 1 aliphatic heterocycles. The van der Waals surface area contributed by atoms with Gasteiger partial charge < -0.3 is 14.8 Å². The molecule has 3 rings (SSSR count). The third-order valence-electron chi connectivity index (χ3n) is 3.92. The Labute approximate surface area is 146 Å². The van der Waals surface area contributed by atoms with Crippen molar-refractivity contribution in [1.82, 2.24) is 5.32 Å². The van der Waals surface area contributed by atoms with Crippen LogP contribution in [0.15, 0.2) is 18.2 Å². The number of carbonyl (C=O) groups is 1. The minimum Gasteiger partial charge on any atom is -0.434 e. The summed E-state index contributed by atoms with van der Waals surface area (Å²) in [5, 5.41) is 3.33. The first-order valence-corrected chi connectivity index (χ1v) is 8.75. The molecule has 4 nitrogen and oxygen atoms in total. The van der Waals surface area contributed by atoms with Crippen LogP contribution in [0.25, 0.3) is 10.1 Å². The first kappa shape index (κ1) is 17.4. The van der Waals surface area contributed by atoms with Gasteiger partial charge in [0.05, 0.1) is 22.6 Å². The molecule has 2 heterocycles. The maximum atomic E-state index is 12.5. The monoisotopic (exact) mass is 375 g/mol. The molecule has 1 aromatic heterocycles. The number of alkyl halides is 2. The lowest BCUT2D eigenvalue weighted by molar-refractivity contribution is -0.0487. The number of nitrogens with one attached hydrogen (secondary N) is 1. The standard InChI is InChI=1S/C16H16ClF2NO3S/c1-8(9-5-3-7-22-9)20-15(21)14-13(17)12-10(23-16(18)19)4-2-6-11(12)24-14/h2,4,6,8-9,16H,3,5,7H2,1H3,(H,20,21). The highest BCUT2D eigenvalue weighted by Crippen LogP contribution is 2.41. The normalized spacial score (nSPS) is 19.0. The van der Waals surface area contributed by atoms with Gasteiger partial charge in [-0.2, -0.15) is 8.78 Å². The maximum absolute atomic E-state index is 12.5. The zero-order chi connectivity index (χ0) is 17.3. The van der Waals surface area contributed by atoms with Crippen LogP contribution in [0.5, 0.6) is 5.75 Å². The van der Waals surface area contributed by atoms with Crippen molar-refractivity contribution in [3.05, 3.63) is 28.1 Å². The Balaban J connectivity index is 1.86. The Morgan fingerprint density at radius 3 is 2.96 bits per heavy atom. The van der Waals surface area contributed by atoms with Crippen molar-refractivity contribution in [2.24, 2.45) is 0 Å². The first-order valence-electron chi connectivity index (χ1n) is 7.55. The van der Waals surface area contributed by atoms with Gasteiger partial charge >= 0.3 is 6.61 Å². The molecule has 24 heavy (non-hydrogen) atoms. The van der Waals surface area contributed by atoms with Crippen LogP contribution >= 0.6 is 22.9 Å². The van der Waals surface area contributed by atoms with Gasteiger partial charge in [0.15, 0.2) is 0 Å². The number of rotatable bonds is 5. The lowest BCUT2D eigenvalue weighted by Gasteiger charge is -2.19. The molecule has 0 spiro atoms. The largest absolute Gasteiger partial charge is 0.434 e. The first-order chi connectivity index (χ1) is 11.5. The molecule has 8 heteroatoms. The quantitative estimate of drug-likeness (QED) is 0.839. The molecule has 130 valence electrons. The number of ether oxygens (including phenoxy) is 2. The fourth-order valence-electron chi connectivity index (χ4n) is 2.78. The summed E-state index contributed by atoms with van der Waals surface area (Å²) >= 11 is 7.43. The van der Waals surface area contributed by atoms with E-state index in [1.165, 1.54) is 6.07 Å². The van der Waals surface area contributed by atoms with E-state index in [-0.39, 0.29) is 33.7 Å². The molecule has 1 aliphatic rings. The van der Waals surface area contributed by atoms with E-state index in [4.69, 9.17) is 16.3 Å². The van der Waals surface area contributed by atoms with Gasteiger partial charge in [-0.1, -0.05) is 17.7 Å². The summed E-state index contributed by atoms with van der Waals surface area (Å²) in [6.07, 6.45) is 1.86. The number of hydrogen-bond donors (Lipinski definition) is 1. The molecule has 0 bridgehead atoms. The van der Waals surface area contributed by atoms with Gasteiger partial charge in [0, 0.05) is 11.3 Å². The van der Waals surface area contributed by atoms with Gasteiger partial charge in [0.2, 0.25) is 0 Å². The van der Waals surface area contributed by atoms with Crippen LogP contribution in [0.2, 0.25) is 5.02 Å². The van der Waals surface area contributed by atoms with Crippen molar-refractivity contribution in [2.45, 2.75) is 38.5 Å². The Bertz CT molecular complexity index is 746. The van der Waals surface area contributed by atoms with E-state index in [0.717, 1.165) is 24.2 Å². The van der Waals surface area contributed by atoms with Crippen LogP contribution in [-0.2, 0) is 4.74 Å². The molecule has 2 unspecified atom stereocenters. The van der Waals surface area contributed by atoms with Gasteiger partial charge in [-0.3, -0.25) is 4.79 Å². The van der Waals surface area contributed by atoms with E-state index in [1.807, 2.05) is 6.92 Å². The topological polar surface area (TPSA) is 47.6 Å². The minimum atomic E-state index is -2.96. The second-order valence-corrected chi connectivity index (χ2v) is 7.00. The van der Waals surface area contributed by atoms with E-state index in [2.05, 4.69) is 10.1 Å². The highest BCUT2D eigenvalue weighted by molar-refractivity contribution is 7.21. The Kier molecular flexibility index (Phi) is 5.22. The van der Waals surface area contributed by atoms with E-state index in [0.29, 0.717) is 16.7 Å². The van der Waals surface area contributed by atoms with Crippen molar-refractivity contribution >= 4 is 38.9 Å². The van der Waals surface area contributed by atoms with Gasteiger partial charge in [0.25, 0.3) is 5.91 Å². The Hall–Kier alpha value is -1.44. The molecular weight excluding hydrogens is 360 g/mol. The number of fused-ring (bicyclic) bond motifs is 1. The maximum Gasteiger partial charge on any atom is 0.387 e. The number of carbonyl (C=O) groups excluding carboxylic acids is 1. The molecule has 1 aromatic carbocycles. The summed E-state index contributed by atoms with van der Waals surface area (Å²) in [4.78, 5) is 12.8. The average molecular weight is 376 g/mol. The molecular formula is C16H16ClF2NO3S. The van der Waals surface area contributed by atoms with Gasteiger partial charge in [-0.25, -0.2) is 0 Å². The SMILES string of the molecule is CC(NC(=O)c1sc2cccc(OC(F)F)c2c1Cl)C1CCCO1. The molecule has 1 saturated heterocycles. The highest BCUT2D eigenvalue weighted by atomic mass is 35.5. The van der Waals surface area contributed by atoms with Crippen molar-refractivity contribution in [3.63, 3.8) is 0 Å². The van der Waals surface area contributed by atoms with Crippen molar-refractivity contribution in [2.75, 3.05) is 6.61 Å². The summed E-state index contributed by atoms with van der Waals surface area (Å²) in [5.41, 5.74) is 0.